The minimum absolute atomic E-state index is 0.108. The third kappa shape index (κ3) is 8.18. The van der Waals surface area contributed by atoms with Gasteiger partial charge in [-0.3, -0.25) is 14.4 Å². The molecule has 0 aromatic carbocycles. The highest BCUT2D eigenvalue weighted by atomic mass is 32.2. The summed E-state index contributed by atoms with van der Waals surface area (Å²) in [5.41, 5.74) is 5.91. The smallest absolute Gasteiger partial charge is 0.227 e. The molecule has 7 nitrogen and oxygen atoms in total. The van der Waals surface area contributed by atoms with Crippen LogP contribution in [-0.4, -0.2) is 46.4 Å². The number of anilines is 1. The molecular weight excluding hydrogens is 372 g/mol. The molecule has 0 aliphatic rings. The number of rotatable bonds is 12. The maximum absolute atomic E-state index is 12.2. The Bertz CT molecular complexity index is 613. The van der Waals surface area contributed by atoms with Gasteiger partial charge in [0.05, 0.1) is 15.7 Å². The van der Waals surface area contributed by atoms with Crippen molar-refractivity contribution in [3.63, 3.8) is 0 Å². The van der Waals surface area contributed by atoms with E-state index < -0.39 is 5.91 Å². The Morgan fingerprint density at radius 3 is 2.42 bits per heavy atom. The first-order chi connectivity index (χ1) is 12.4. The van der Waals surface area contributed by atoms with Crippen LogP contribution in [0, 0.1) is 6.92 Å². The number of hydrogen-bond donors (Lipinski definition) is 2. The molecule has 26 heavy (non-hydrogen) atoms. The predicted molar refractivity (Wildman–Crippen MR) is 106 cm³/mol. The van der Waals surface area contributed by atoms with Crippen LogP contribution in [0.5, 0.6) is 0 Å². The van der Waals surface area contributed by atoms with E-state index in [9.17, 15) is 14.4 Å². The van der Waals surface area contributed by atoms with Crippen LogP contribution in [0.3, 0.4) is 0 Å². The largest absolute Gasteiger partial charge is 0.369 e. The SMILES string of the molecule is CCCN(CCC)C(=O)CCCC(=O)Nc1nc(C)c(SCC(N)=O)s1. The fraction of sp³-hybridized carbons (Fsp3) is 0.647. The van der Waals surface area contributed by atoms with Gasteiger partial charge >= 0.3 is 0 Å². The summed E-state index contributed by atoms with van der Waals surface area (Å²) < 4.78 is 0.865. The molecule has 9 heteroatoms. The molecule has 3 amide bonds. The molecule has 0 aliphatic heterocycles. The van der Waals surface area contributed by atoms with E-state index in [4.69, 9.17) is 5.73 Å². The molecule has 0 atom stereocenters. The summed E-state index contributed by atoms with van der Waals surface area (Å²) in [5, 5.41) is 3.26. The Balaban J connectivity index is 2.41. The number of thiazole rings is 1. The van der Waals surface area contributed by atoms with Gasteiger partial charge in [-0.2, -0.15) is 0 Å². The predicted octanol–water partition coefficient (Wildman–Crippen LogP) is 2.79. The molecule has 1 rings (SSSR count). The highest BCUT2D eigenvalue weighted by molar-refractivity contribution is 8.01. The Hall–Kier alpha value is -1.61. The van der Waals surface area contributed by atoms with Crippen molar-refractivity contribution < 1.29 is 14.4 Å². The molecule has 0 saturated heterocycles. The summed E-state index contributed by atoms with van der Waals surface area (Å²) in [6, 6.07) is 0. The van der Waals surface area contributed by atoms with E-state index in [0.29, 0.717) is 18.0 Å². The van der Waals surface area contributed by atoms with Crippen LogP contribution in [-0.2, 0) is 14.4 Å². The number of hydrogen-bond acceptors (Lipinski definition) is 6. The first kappa shape index (κ1) is 22.4. The van der Waals surface area contributed by atoms with Crippen molar-refractivity contribution in [2.75, 3.05) is 24.2 Å². The van der Waals surface area contributed by atoms with E-state index in [0.717, 1.165) is 35.8 Å². The number of aryl methyl sites for hydroxylation is 1. The van der Waals surface area contributed by atoms with Crippen molar-refractivity contribution in [1.29, 1.82) is 0 Å². The molecule has 0 unspecified atom stereocenters. The highest BCUT2D eigenvalue weighted by Crippen LogP contribution is 2.31. The number of thioether (sulfide) groups is 1. The number of amides is 3. The van der Waals surface area contributed by atoms with Crippen molar-refractivity contribution >= 4 is 46.0 Å². The molecule has 0 radical (unpaired) electrons. The molecule has 0 aliphatic carbocycles. The fourth-order valence-electron chi connectivity index (χ4n) is 2.35. The molecule has 1 aromatic heterocycles. The van der Waals surface area contributed by atoms with Gasteiger partial charge in [0, 0.05) is 25.9 Å². The average molecular weight is 401 g/mol. The zero-order valence-electron chi connectivity index (χ0n) is 15.7. The van der Waals surface area contributed by atoms with Crippen molar-refractivity contribution in [3.8, 4) is 0 Å². The fourth-order valence-corrected chi connectivity index (χ4v) is 4.24. The molecular formula is C17H28N4O3S2. The molecule has 0 bridgehead atoms. The van der Waals surface area contributed by atoms with Gasteiger partial charge in [0.15, 0.2) is 5.13 Å². The summed E-state index contributed by atoms with van der Waals surface area (Å²) in [6.45, 7) is 7.46. The minimum atomic E-state index is -0.391. The topological polar surface area (TPSA) is 105 Å². The van der Waals surface area contributed by atoms with Crippen LogP contribution < -0.4 is 11.1 Å². The maximum Gasteiger partial charge on any atom is 0.227 e. The van der Waals surface area contributed by atoms with Gasteiger partial charge in [-0.25, -0.2) is 4.98 Å². The van der Waals surface area contributed by atoms with Gasteiger partial charge in [-0.05, 0) is 26.2 Å². The summed E-state index contributed by atoms with van der Waals surface area (Å²) in [7, 11) is 0. The standard InChI is InChI=1S/C17H28N4O3S2/c1-4-9-21(10-5-2)15(24)8-6-7-14(23)20-17-19-12(3)16(26-17)25-11-13(18)22/h4-11H2,1-3H3,(H2,18,22)(H,19,20,23). The van der Waals surface area contributed by atoms with Gasteiger partial charge in [-0.1, -0.05) is 25.2 Å². The molecule has 0 saturated carbocycles. The van der Waals surface area contributed by atoms with Crippen LogP contribution in [0.1, 0.15) is 51.6 Å². The average Bonchev–Trinajstić information content (AvgIpc) is 2.91. The zero-order chi connectivity index (χ0) is 19.5. The molecule has 3 N–H and O–H groups in total. The summed E-state index contributed by atoms with van der Waals surface area (Å²) in [6.07, 6.45) is 3.05. The van der Waals surface area contributed by atoms with E-state index in [1.165, 1.54) is 23.1 Å². The Kier molecular flexibility index (Phi) is 10.3. The first-order valence-corrected chi connectivity index (χ1v) is 10.6. The lowest BCUT2D eigenvalue weighted by Gasteiger charge is -2.21. The number of carbonyl (C=O) groups is 3. The number of primary amides is 1. The van der Waals surface area contributed by atoms with Crippen LogP contribution in [0.15, 0.2) is 4.21 Å². The monoisotopic (exact) mass is 400 g/mol. The van der Waals surface area contributed by atoms with E-state index in [-0.39, 0.29) is 24.0 Å². The Labute approximate surface area is 163 Å². The Morgan fingerprint density at radius 2 is 1.85 bits per heavy atom. The number of nitrogens with two attached hydrogens (primary N) is 1. The van der Waals surface area contributed by atoms with Crippen LogP contribution in [0.4, 0.5) is 5.13 Å². The van der Waals surface area contributed by atoms with Crippen molar-refractivity contribution in [1.82, 2.24) is 9.88 Å². The molecule has 0 fully saturated rings. The highest BCUT2D eigenvalue weighted by Gasteiger charge is 2.14. The van der Waals surface area contributed by atoms with Gasteiger partial charge in [0.25, 0.3) is 0 Å². The lowest BCUT2D eigenvalue weighted by atomic mass is 10.2. The third-order valence-corrected chi connectivity index (χ3v) is 5.94. The van der Waals surface area contributed by atoms with Crippen molar-refractivity contribution in [2.24, 2.45) is 5.73 Å². The van der Waals surface area contributed by atoms with E-state index in [1.807, 2.05) is 11.8 Å². The molecule has 1 heterocycles. The van der Waals surface area contributed by atoms with Gasteiger partial charge in [0.1, 0.15) is 0 Å². The summed E-state index contributed by atoms with van der Waals surface area (Å²) in [5.74, 6) is -0.254. The Morgan fingerprint density at radius 1 is 1.19 bits per heavy atom. The lowest BCUT2D eigenvalue weighted by Crippen LogP contribution is -2.32. The third-order valence-electron chi connectivity index (χ3n) is 3.48. The lowest BCUT2D eigenvalue weighted by molar-refractivity contribution is -0.131. The second-order valence-electron chi connectivity index (χ2n) is 5.93. The second-order valence-corrected chi connectivity index (χ2v) is 8.17. The van der Waals surface area contributed by atoms with Crippen LogP contribution in [0.2, 0.25) is 0 Å². The second kappa shape index (κ2) is 11.9. The molecule has 0 spiro atoms. The van der Waals surface area contributed by atoms with Crippen LogP contribution >= 0.6 is 23.1 Å². The number of aromatic nitrogens is 1. The normalized spacial score (nSPS) is 10.6. The van der Waals surface area contributed by atoms with Gasteiger partial charge < -0.3 is 16.0 Å². The zero-order valence-corrected chi connectivity index (χ0v) is 17.3. The molecule has 1 aromatic rings. The van der Waals surface area contributed by atoms with E-state index in [1.54, 1.807) is 0 Å². The number of carbonyl (C=O) groups excluding carboxylic acids is 3. The van der Waals surface area contributed by atoms with Gasteiger partial charge in [0.2, 0.25) is 17.7 Å². The maximum atomic E-state index is 12.2. The number of nitrogens with one attached hydrogen (secondary N) is 1. The van der Waals surface area contributed by atoms with Crippen molar-refractivity contribution in [2.45, 2.75) is 57.1 Å². The van der Waals surface area contributed by atoms with Crippen LogP contribution in [0.25, 0.3) is 0 Å². The molecule has 146 valence electrons. The van der Waals surface area contributed by atoms with Gasteiger partial charge in [-0.15, -0.1) is 11.8 Å². The summed E-state index contributed by atoms with van der Waals surface area (Å²) >= 11 is 2.64. The minimum Gasteiger partial charge on any atom is -0.369 e. The van der Waals surface area contributed by atoms with E-state index >= 15 is 0 Å². The summed E-state index contributed by atoms with van der Waals surface area (Å²) in [4.78, 5) is 41.2. The van der Waals surface area contributed by atoms with E-state index in [2.05, 4.69) is 24.1 Å². The first-order valence-electron chi connectivity index (χ1n) is 8.83. The quantitative estimate of drug-likeness (QED) is 0.525. The van der Waals surface area contributed by atoms with Crippen molar-refractivity contribution in [3.05, 3.63) is 5.69 Å². The number of nitrogens with zero attached hydrogens (tertiary/aromatic N) is 2.